The van der Waals surface area contributed by atoms with Crippen molar-refractivity contribution >= 4 is 11.5 Å². The maximum absolute atomic E-state index is 12.3. The molecule has 122 valence electrons. The molecule has 2 rings (SSSR count). The van der Waals surface area contributed by atoms with Gasteiger partial charge < -0.3 is 10.0 Å². The molecule has 0 aliphatic carbocycles. The largest absolute Gasteiger partial charge is 0.415 e. The van der Waals surface area contributed by atoms with Crippen LogP contribution in [0.15, 0.2) is 18.3 Å². The summed E-state index contributed by atoms with van der Waals surface area (Å²) in [6, 6.07) is 2.85. The zero-order valence-corrected chi connectivity index (χ0v) is 11.5. The van der Waals surface area contributed by atoms with Crippen LogP contribution in [0.2, 0.25) is 0 Å². The van der Waals surface area contributed by atoms with E-state index in [0.717, 1.165) is 6.20 Å². The van der Waals surface area contributed by atoms with Gasteiger partial charge in [-0.1, -0.05) is 0 Å². The Morgan fingerprint density at radius 1 is 1.32 bits per heavy atom. The molecule has 1 fully saturated rings. The van der Waals surface area contributed by atoms with Gasteiger partial charge in [0.25, 0.3) is 5.69 Å². The second-order valence-electron chi connectivity index (χ2n) is 4.98. The maximum Gasteiger partial charge on any atom is 0.415 e. The molecule has 7 nitrogen and oxygen atoms in total. The Morgan fingerprint density at radius 3 is 2.41 bits per heavy atom. The zero-order valence-electron chi connectivity index (χ0n) is 11.5. The van der Waals surface area contributed by atoms with Gasteiger partial charge in [0, 0.05) is 38.8 Å². The van der Waals surface area contributed by atoms with Gasteiger partial charge in [-0.15, -0.1) is 0 Å². The minimum Gasteiger partial charge on any atom is -0.382 e. The molecule has 2 heterocycles. The second-order valence-corrected chi connectivity index (χ2v) is 4.98. The summed E-state index contributed by atoms with van der Waals surface area (Å²) in [7, 11) is 0. The van der Waals surface area contributed by atoms with Gasteiger partial charge in [-0.3, -0.25) is 15.0 Å². The summed E-state index contributed by atoms with van der Waals surface area (Å²) in [5.74, 6) is 0.543. The standard InChI is InChI=1S/C12H15F3N4O3/c13-12(14,15)10(20)8-17-3-5-18(6-4-17)11-2-1-9(7-16-11)19(21)22/h1-2,7,10,20H,3-6,8H2. The van der Waals surface area contributed by atoms with Crippen LogP contribution in [0.4, 0.5) is 24.7 Å². The number of aliphatic hydroxyl groups excluding tert-OH is 1. The molecule has 1 N–H and O–H groups in total. The average Bonchev–Trinajstić information content (AvgIpc) is 2.47. The van der Waals surface area contributed by atoms with Crippen molar-refractivity contribution in [1.29, 1.82) is 0 Å². The number of nitrogens with zero attached hydrogens (tertiary/aromatic N) is 4. The third kappa shape index (κ3) is 4.04. The SMILES string of the molecule is O=[N+]([O-])c1ccc(N2CCN(CC(O)C(F)(F)F)CC2)nc1. The Hall–Kier alpha value is -1.94. The van der Waals surface area contributed by atoms with Crippen molar-refractivity contribution in [3.05, 3.63) is 28.4 Å². The summed E-state index contributed by atoms with van der Waals surface area (Å²) in [6.45, 7) is 1.13. The highest BCUT2D eigenvalue weighted by Crippen LogP contribution is 2.22. The topological polar surface area (TPSA) is 82.7 Å². The van der Waals surface area contributed by atoms with Gasteiger partial charge in [0.2, 0.25) is 0 Å². The molecule has 1 aliphatic heterocycles. The second kappa shape index (κ2) is 6.44. The molecule has 1 unspecified atom stereocenters. The average molecular weight is 320 g/mol. The normalized spacial score (nSPS) is 18.3. The van der Waals surface area contributed by atoms with Crippen LogP contribution in [-0.2, 0) is 0 Å². The first-order valence-corrected chi connectivity index (χ1v) is 6.60. The number of rotatable bonds is 4. The number of β-amino-alcohol motifs (C(OH)–C–C–N with tert-alkyl or cyclic N) is 1. The van der Waals surface area contributed by atoms with Gasteiger partial charge >= 0.3 is 6.18 Å². The lowest BCUT2D eigenvalue weighted by Crippen LogP contribution is -2.51. The number of nitro groups is 1. The van der Waals surface area contributed by atoms with Crippen molar-refractivity contribution in [2.24, 2.45) is 0 Å². The molecule has 1 atom stereocenters. The van der Waals surface area contributed by atoms with E-state index >= 15 is 0 Å². The monoisotopic (exact) mass is 320 g/mol. The molecule has 1 aromatic heterocycles. The molecule has 1 aromatic rings. The quantitative estimate of drug-likeness (QED) is 0.659. The van der Waals surface area contributed by atoms with Crippen LogP contribution in [0.3, 0.4) is 0 Å². The Bertz CT molecular complexity index is 515. The highest BCUT2D eigenvalue weighted by atomic mass is 19.4. The van der Waals surface area contributed by atoms with Crippen molar-refractivity contribution in [2.45, 2.75) is 12.3 Å². The van der Waals surface area contributed by atoms with Crippen molar-refractivity contribution < 1.29 is 23.2 Å². The lowest BCUT2D eigenvalue weighted by molar-refractivity contribution is -0.385. The number of aliphatic hydroxyl groups is 1. The summed E-state index contributed by atoms with van der Waals surface area (Å²) in [4.78, 5) is 17.3. The highest BCUT2D eigenvalue weighted by molar-refractivity contribution is 5.43. The minimum atomic E-state index is -4.61. The van der Waals surface area contributed by atoms with Crippen LogP contribution in [0.5, 0.6) is 0 Å². The number of hydrogen-bond acceptors (Lipinski definition) is 6. The first-order chi connectivity index (χ1) is 10.3. The Labute approximate surface area is 124 Å². The predicted octanol–water partition coefficient (Wildman–Crippen LogP) is 1.04. The fraction of sp³-hybridized carbons (Fsp3) is 0.583. The van der Waals surface area contributed by atoms with E-state index in [-0.39, 0.29) is 5.69 Å². The zero-order chi connectivity index (χ0) is 16.3. The first-order valence-electron chi connectivity index (χ1n) is 6.60. The summed E-state index contributed by atoms with van der Waals surface area (Å²) in [5.41, 5.74) is -0.115. The summed E-state index contributed by atoms with van der Waals surface area (Å²) < 4.78 is 36.9. The van der Waals surface area contributed by atoms with Gasteiger partial charge in [-0.25, -0.2) is 4.98 Å². The lowest BCUT2D eigenvalue weighted by atomic mass is 10.2. The van der Waals surface area contributed by atoms with Crippen molar-refractivity contribution in [2.75, 3.05) is 37.6 Å². The number of aromatic nitrogens is 1. The van der Waals surface area contributed by atoms with E-state index in [1.807, 2.05) is 4.90 Å². The molecule has 0 amide bonds. The van der Waals surface area contributed by atoms with E-state index in [4.69, 9.17) is 5.11 Å². The van der Waals surface area contributed by atoms with Crippen molar-refractivity contribution in [1.82, 2.24) is 9.88 Å². The maximum atomic E-state index is 12.3. The van der Waals surface area contributed by atoms with E-state index in [9.17, 15) is 23.3 Å². The smallest absolute Gasteiger partial charge is 0.382 e. The molecule has 0 saturated carbocycles. The molecule has 1 aliphatic rings. The van der Waals surface area contributed by atoms with Gasteiger partial charge in [-0.05, 0) is 6.07 Å². The number of pyridine rings is 1. The molecule has 0 spiro atoms. The van der Waals surface area contributed by atoms with E-state index in [1.54, 1.807) is 0 Å². The Balaban J connectivity index is 1.88. The van der Waals surface area contributed by atoms with Crippen LogP contribution >= 0.6 is 0 Å². The van der Waals surface area contributed by atoms with Crippen LogP contribution in [0.1, 0.15) is 0 Å². The summed E-state index contributed by atoms with van der Waals surface area (Å²) >= 11 is 0. The summed E-state index contributed by atoms with van der Waals surface area (Å²) in [5, 5.41) is 19.6. The van der Waals surface area contributed by atoms with E-state index < -0.39 is 23.7 Å². The number of piperazine rings is 1. The van der Waals surface area contributed by atoms with Gasteiger partial charge in [-0.2, -0.15) is 13.2 Å². The fourth-order valence-electron chi connectivity index (χ4n) is 2.18. The van der Waals surface area contributed by atoms with Crippen LogP contribution in [0, 0.1) is 10.1 Å². The van der Waals surface area contributed by atoms with Crippen LogP contribution < -0.4 is 4.90 Å². The van der Waals surface area contributed by atoms with E-state index in [2.05, 4.69) is 4.98 Å². The summed E-state index contributed by atoms with van der Waals surface area (Å²) in [6.07, 6.45) is -5.82. The lowest BCUT2D eigenvalue weighted by Gasteiger charge is -2.36. The van der Waals surface area contributed by atoms with E-state index in [1.165, 1.54) is 17.0 Å². The number of alkyl halides is 3. The van der Waals surface area contributed by atoms with Crippen molar-refractivity contribution in [3.8, 4) is 0 Å². The fourth-order valence-corrected chi connectivity index (χ4v) is 2.18. The van der Waals surface area contributed by atoms with Gasteiger partial charge in [0.1, 0.15) is 12.0 Å². The molecule has 0 aromatic carbocycles. The van der Waals surface area contributed by atoms with Crippen LogP contribution in [-0.4, -0.2) is 64.9 Å². The molecule has 10 heteroatoms. The van der Waals surface area contributed by atoms with Crippen molar-refractivity contribution in [3.63, 3.8) is 0 Å². The number of hydrogen-bond donors (Lipinski definition) is 1. The molecule has 22 heavy (non-hydrogen) atoms. The third-order valence-corrected chi connectivity index (χ3v) is 3.45. The van der Waals surface area contributed by atoms with E-state index in [0.29, 0.717) is 32.0 Å². The Morgan fingerprint density at radius 2 is 1.95 bits per heavy atom. The van der Waals surface area contributed by atoms with Gasteiger partial charge in [0.05, 0.1) is 4.92 Å². The number of anilines is 1. The third-order valence-electron chi connectivity index (χ3n) is 3.45. The highest BCUT2D eigenvalue weighted by Gasteiger charge is 2.39. The predicted molar refractivity (Wildman–Crippen MR) is 71.6 cm³/mol. The molecule has 0 bridgehead atoms. The van der Waals surface area contributed by atoms with Gasteiger partial charge in [0.15, 0.2) is 6.10 Å². The molecule has 0 radical (unpaired) electrons. The van der Waals surface area contributed by atoms with Crippen LogP contribution in [0.25, 0.3) is 0 Å². The Kier molecular flexibility index (Phi) is 4.81. The molecular formula is C12H15F3N4O3. The minimum absolute atomic E-state index is 0.115. The first kappa shape index (κ1) is 16.4. The molecular weight excluding hydrogens is 305 g/mol. The molecule has 1 saturated heterocycles. The number of halogens is 3.